The predicted molar refractivity (Wildman–Crippen MR) is 73.0 cm³/mol. The molecule has 0 bridgehead atoms. The van der Waals surface area contributed by atoms with Crippen molar-refractivity contribution in [3.05, 3.63) is 46.2 Å². The Morgan fingerprint density at radius 2 is 1.89 bits per heavy atom. The predicted octanol–water partition coefficient (Wildman–Crippen LogP) is 3.78. The smallest absolute Gasteiger partial charge is 0.142 e. The van der Waals surface area contributed by atoms with Crippen molar-refractivity contribution in [3.63, 3.8) is 0 Å². The minimum absolute atomic E-state index is 0.205. The van der Waals surface area contributed by atoms with Crippen LogP contribution in [-0.2, 0) is 11.2 Å². The molecule has 0 N–H and O–H groups in total. The van der Waals surface area contributed by atoms with Crippen LogP contribution >= 0.6 is 23.2 Å². The van der Waals surface area contributed by atoms with Gasteiger partial charge in [-0.1, -0.05) is 35.3 Å². The third-order valence-corrected chi connectivity index (χ3v) is 3.06. The monoisotopic (exact) mass is 300 g/mol. The number of rotatable bonds is 4. The van der Waals surface area contributed by atoms with Gasteiger partial charge in [0.2, 0.25) is 0 Å². The Labute approximate surface area is 120 Å². The van der Waals surface area contributed by atoms with Crippen LogP contribution in [0.15, 0.2) is 24.3 Å². The van der Waals surface area contributed by atoms with E-state index in [0.29, 0.717) is 30.0 Å². The first kappa shape index (κ1) is 14.2. The minimum Gasteiger partial charge on any atom is -0.384 e. The van der Waals surface area contributed by atoms with Gasteiger partial charge in [-0.25, -0.2) is 14.4 Å². The summed E-state index contributed by atoms with van der Waals surface area (Å²) in [6.45, 7) is 0.478. The molecule has 2 rings (SSSR count). The van der Waals surface area contributed by atoms with Crippen LogP contribution in [0.4, 0.5) is 4.39 Å². The van der Waals surface area contributed by atoms with Crippen LogP contribution in [0.25, 0.3) is 11.1 Å². The average molecular weight is 301 g/mol. The minimum atomic E-state index is -0.368. The second-order valence-electron chi connectivity index (χ2n) is 3.85. The lowest BCUT2D eigenvalue weighted by Gasteiger charge is -2.08. The van der Waals surface area contributed by atoms with Crippen LogP contribution in [0.2, 0.25) is 10.3 Å². The van der Waals surface area contributed by atoms with Crippen molar-refractivity contribution < 1.29 is 9.13 Å². The standard InChI is InChI=1S/C13H11Cl2FN2O/c1-19-6-5-10-17-12(14)11(13(15)18-10)8-3-2-4-9(16)7-8/h2-4,7H,5-6H2,1H3. The Bertz CT molecular complexity index is 570. The second-order valence-corrected chi connectivity index (χ2v) is 4.57. The van der Waals surface area contributed by atoms with Crippen LogP contribution in [0, 0.1) is 5.82 Å². The van der Waals surface area contributed by atoms with Crippen LogP contribution in [0.1, 0.15) is 5.82 Å². The molecule has 0 unspecified atom stereocenters. The fraction of sp³-hybridized carbons (Fsp3) is 0.231. The third kappa shape index (κ3) is 3.41. The van der Waals surface area contributed by atoms with E-state index in [1.807, 2.05) is 0 Å². The first-order valence-corrected chi connectivity index (χ1v) is 6.34. The second kappa shape index (κ2) is 6.28. The highest BCUT2D eigenvalue weighted by Gasteiger charge is 2.14. The zero-order valence-electron chi connectivity index (χ0n) is 10.2. The van der Waals surface area contributed by atoms with Gasteiger partial charge in [0.25, 0.3) is 0 Å². The normalized spacial score (nSPS) is 10.7. The Hall–Kier alpha value is -1.23. The molecule has 0 aliphatic heterocycles. The first-order chi connectivity index (χ1) is 9.11. The maximum atomic E-state index is 13.2. The van der Waals surface area contributed by atoms with Gasteiger partial charge in [0.05, 0.1) is 12.2 Å². The zero-order valence-corrected chi connectivity index (χ0v) is 11.7. The summed E-state index contributed by atoms with van der Waals surface area (Å²) in [4.78, 5) is 8.29. The molecule has 0 saturated heterocycles. The maximum Gasteiger partial charge on any atom is 0.142 e. The number of halogens is 3. The van der Waals surface area contributed by atoms with Crippen molar-refractivity contribution in [2.75, 3.05) is 13.7 Å². The summed E-state index contributed by atoms with van der Waals surface area (Å²) in [5, 5.41) is 0.411. The number of aromatic nitrogens is 2. The molecule has 0 aliphatic rings. The Balaban J connectivity index is 2.42. The van der Waals surface area contributed by atoms with Gasteiger partial charge < -0.3 is 4.74 Å². The molecule has 100 valence electrons. The van der Waals surface area contributed by atoms with Gasteiger partial charge in [-0.05, 0) is 17.7 Å². The van der Waals surface area contributed by atoms with E-state index in [-0.39, 0.29) is 16.1 Å². The van der Waals surface area contributed by atoms with E-state index >= 15 is 0 Å². The Morgan fingerprint density at radius 1 is 1.21 bits per heavy atom. The van der Waals surface area contributed by atoms with Crippen molar-refractivity contribution >= 4 is 23.2 Å². The average Bonchev–Trinajstić information content (AvgIpc) is 2.35. The summed E-state index contributed by atoms with van der Waals surface area (Å²) in [6.07, 6.45) is 0.513. The fourth-order valence-electron chi connectivity index (χ4n) is 1.64. The fourth-order valence-corrected chi connectivity index (χ4v) is 2.28. The van der Waals surface area contributed by atoms with Crippen LogP contribution in [-0.4, -0.2) is 23.7 Å². The highest BCUT2D eigenvalue weighted by Crippen LogP contribution is 2.32. The van der Waals surface area contributed by atoms with Gasteiger partial charge in [0, 0.05) is 13.5 Å². The van der Waals surface area contributed by atoms with Gasteiger partial charge in [-0.3, -0.25) is 0 Å². The number of methoxy groups -OCH3 is 1. The van der Waals surface area contributed by atoms with Crippen LogP contribution in [0.5, 0.6) is 0 Å². The van der Waals surface area contributed by atoms with Crippen molar-refractivity contribution in [2.45, 2.75) is 6.42 Å². The molecule has 0 aliphatic carbocycles. The molecule has 0 amide bonds. The quantitative estimate of drug-likeness (QED) is 0.806. The van der Waals surface area contributed by atoms with E-state index in [4.69, 9.17) is 27.9 Å². The zero-order chi connectivity index (χ0) is 13.8. The topological polar surface area (TPSA) is 35.0 Å². The van der Waals surface area contributed by atoms with Crippen molar-refractivity contribution in [2.24, 2.45) is 0 Å². The summed E-state index contributed by atoms with van der Waals surface area (Å²) in [6, 6.07) is 5.97. The molecule has 0 saturated carbocycles. The van der Waals surface area contributed by atoms with E-state index < -0.39 is 0 Å². The molecule has 19 heavy (non-hydrogen) atoms. The van der Waals surface area contributed by atoms with Gasteiger partial charge in [0.1, 0.15) is 21.9 Å². The number of hydrogen-bond acceptors (Lipinski definition) is 3. The van der Waals surface area contributed by atoms with Gasteiger partial charge in [-0.15, -0.1) is 0 Å². The van der Waals surface area contributed by atoms with E-state index in [2.05, 4.69) is 9.97 Å². The van der Waals surface area contributed by atoms with Crippen molar-refractivity contribution in [1.29, 1.82) is 0 Å². The lowest BCUT2D eigenvalue weighted by molar-refractivity contribution is 0.200. The van der Waals surface area contributed by atoms with Crippen molar-refractivity contribution in [3.8, 4) is 11.1 Å². The maximum absolute atomic E-state index is 13.2. The highest BCUT2D eigenvalue weighted by molar-refractivity contribution is 6.37. The number of nitrogens with zero attached hydrogens (tertiary/aromatic N) is 2. The molecule has 3 nitrogen and oxygen atoms in total. The van der Waals surface area contributed by atoms with Crippen LogP contribution in [0.3, 0.4) is 0 Å². The molecular weight excluding hydrogens is 290 g/mol. The summed E-state index contributed by atoms with van der Waals surface area (Å²) in [7, 11) is 1.59. The number of hydrogen-bond donors (Lipinski definition) is 0. The lowest BCUT2D eigenvalue weighted by Crippen LogP contribution is -2.02. The molecule has 0 radical (unpaired) electrons. The molecule has 1 heterocycles. The molecular formula is C13H11Cl2FN2O. The summed E-state index contributed by atoms with van der Waals surface area (Å²) in [5.74, 6) is 0.130. The molecule has 0 atom stereocenters. The molecule has 0 fully saturated rings. The molecule has 1 aromatic heterocycles. The Kier molecular flexibility index (Phi) is 4.69. The highest BCUT2D eigenvalue weighted by atomic mass is 35.5. The molecule has 2 aromatic rings. The van der Waals surface area contributed by atoms with Crippen molar-refractivity contribution in [1.82, 2.24) is 9.97 Å². The third-order valence-electron chi connectivity index (χ3n) is 2.51. The van der Waals surface area contributed by atoms with Crippen LogP contribution < -0.4 is 0 Å². The van der Waals surface area contributed by atoms with E-state index in [9.17, 15) is 4.39 Å². The molecule has 6 heteroatoms. The van der Waals surface area contributed by atoms with Gasteiger partial charge in [-0.2, -0.15) is 0 Å². The number of benzene rings is 1. The van der Waals surface area contributed by atoms with Gasteiger partial charge >= 0.3 is 0 Å². The molecule has 1 aromatic carbocycles. The number of ether oxygens (including phenoxy) is 1. The molecule has 0 spiro atoms. The summed E-state index contributed by atoms with van der Waals surface area (Å²) < 4.78 is 18.2. The Morgan fingerprint density at radius 3 is 2.47 bits per heavy atom. The summed E-state index contributed by atoms with van der Waals surface area (Å²) >= 11 is 12.2. The van der Waals surface area contributed by atoms with E-state index in [1.165, 1.54) is 12.1 Å². The van der Waals surface area contributed by atoms with Gasteiger partial charge in [0.15, 0.2) is 0 Å². The largest absolute Gasteiger partial charge is 0.384 e. The lowest BCUT2D eigenvalue weighted by atomic mass is 10.1. The summed E-state index contributed by atoms with van der Waals surface area (Å²) in [5.41, 5.74) is 0.984. The van der Waals surface area contributed by atoms with E-state index in [0.717, 1.165) is 0 Å². The SMILES string of the molecule is COCCc1nc(Cl)c(-c2cccc(F)c2)c(Cl)n1. The first-order valence-electron chi connectivity index (χ1n) is 5.58. The van der Waals surface area contributed by atoms with E-state index in [1.54, 1.807) is 19.2 Å².